The Morgan fingerprint density at radius 1 is 1.04 bits per heavy atom. The topological polar surface area (TPSA) is 39.7 Å². The van der Waals surface area contributed by atoms with Crippen LogP contribution in [0.3, 0.4) is 0 Å². The number of aryl methyl sites for hydroxylation is 1. The summed E-state index contributed by atoms with van der Waals surface area (Å²) in [4.78, 5) is 0. The van der Waals surface area contributed by atoms with E-state index in [1.165, 1.54) is 5.56 Å². The maximum atomic E-state index is 6.09. The zero-order valence-electron chi connectivity index (χ0n) is 15.5. The molecule has 2 aromatic carbocycles. The van der Waals surface area contributed by atoms with E-state index in [1.807, 2.05) is 19.1 Å². The molecule has 2 aromatic rings. The average Bonchev–Trinajstić information content (AvgIpc) is 2.64. The molecular weight excluding hydrogens is 314 g/mol. The quantitative estimate of drug-likeness (QED) is 0.624. The van der Waals surface area contributed by atoms with Crippen molar-refractivity contribution in [3.05, 3.63) is 59.2 Å². The van der Waals surface area contributed by atoms with Gasteiger partial charge in [-0.1, -0.05) is 42.0 Å². The van der Waals surface area contributed by atoms with E-state index in [9.17, 15) is 0 Å². The first kappa shape index (κ1) is 19.3. The van der Waals surface area contributed by atoms with Gasteiger partial charge in [0.15, 0.2) is 11.5 Å². The summed E-state index contributed by atoms with van der Waals surface area (Å²) in [5.74, 6) is 1.57. The highest BCUT2D eigenvalue weighted by molar-refractivity contribution is 5.46. The van der Waals surface area contributed by atoms with E-state index in [0.29, 0.717) is 6.61 Å². The number of ether oxygens (including phenoxy) is 3. The predicted molar refractivity (Wildman–Crippen MR) is 101 cm³/mol. The largest absolute Gasteiger partial charge is 0.493 e. The highest BCUT2D eigenvalue weighted by Crippen LogP contribution is 2.31. The number of benzene rings is 2. The van der Waals surface area contributed by atoms with Crippen molar-refractivity contribution in [2.45, 2.75) is 33.4 Å². The van der Waals surface area contributed by atoms with Crippen LogP contribution in [0.15, 0.2) is 42.5 Å². The molecule has 0 saturated heterocycles. The lowest BCUT2D eigenvalue weighted by atomic mass is 10.1. The molecule has 0 aliphatic rings. The number of para-hydroxylation sites is 1. The monoisotopic (exact) mass is 343 g/mol. The van der Waals surface area contributed by atoms with Gasteiger partial charge in [0.05, 0.1) is 7.11 Å². The zero-order chi connectivity index (χ0) is 17.9. The maximum Gasteiger partial charge on any atom is 0.166 e. The molecule has 0 spiro atoms. The standard InChI is InChI=1S/C21H29NO3/c1-4-24-14-6-13-22-15-19-7-5-8-20(23-3)21(19)25-16-18-11-9-17(2)10-12-18/h5,7-12,22H,4,6,13-16H2,1-3H3. The van der Waals surface area contributed by atoms with Crippen LogP contribution in [0.4, 0.5) is 0 Å². The summed E-state index contributed by atoms with van der Waals surface area (Å²) in [6.45, 7) is 7.84. The second-order valence-electron chi connectivity index (χ2n) is 5.95. The lowest BCUT2D eigenvalue weighted by Gasteiger charge is -2.16. The molecule has 0 aliphatic carbocycles. The van der Waals surface area contributed by atoms with Crippen LogP contribution in [-0.2, 0) is 17.9 Å². The summed E-state index contributed by atoms with van der Waals surface area (Å²) in [7, 11) is 1.67. The van der Waals surface area contributed by atoms with Crippen LogP contribution in [-0.4, -0.2) is 26.9 Å². The second-order valence-corrected chi connectivity index (χ2v) is 5.95. The summed E-state index contributed by atoms with van der Waals surface area (Å²) in [5.41, 5.74) is 3.49. The van der Waals surface area contributed by atoms with Crippen LogP contribution in [0, 0.1) is 6.92 Å². The molecule has 0 amide bonds. The van der Waals surface area contributed by atoms with E-state index in [0.717, 1.165) is 55.4 Å². The molecular formula is C21H29NO3. The van der Waals surface area contributed by atoms with Gasteiger partial charge in [0, 0.05) is 25.3 Å². The van der Waals surface area contributed by atoms with Gasteiger partial charge >= 0.3 is 0 Å². The summed E-state index contributed by atoms with van der Waals surface area (Å²) in [6, 6.07) is 14.4. The van der Waals surface area contributed by atoms with Gasteiger partial charge in [0.2, 0.25) is 0 Å². The Kier molecular flexibility index (Phi) is 8.29. The van der Waals surface area contributed by atoms with E-state index in [2.05, 4.69) is 42.6 Å². The van der Waals surface area contributed by atoms with Crippen LogP contribution < -0.4 is 14.8 Å². The number of hydrogen-bond acceptors (Lipinski definition) is 4. The molecule has 1 N–H and O–H groups in total. The molecule has 0 aliphatic heterocycles. The molecule has 0 radical (unpaired) electrons. The minimum Gasteiger partial charge on any atom is -0.493 e. The summed E-state index contributed by atoms with van der Waals surface area (Å²) < 4.78 is 16.9. The Morgan fingerprint density at radius 2 is 1.84 bits per heavy atom. The number of methoxy groups -OCH3 is 1. The van der Waals surface area contributed by atoms with Gasteiger partial charge in [-0.25, -0.2) is 0 Å². The predicted octanol–water partition coefficient (Wildman–Crippen LogP) is 4.10. The fraction of sp³-hybridized carbons (Fsp3) is 0.429. The molecule has 0 atom stereocenters. The first-order valence-corrected chi connectivity index (χ1v) is 8.87. The smallest absolute Gasteiger partial charge is 0.166 e. The fourth-order valence-electron chi connectivity index (χ4n) is 2.53. The van der Waals surface area contributed by atoms with E-state index in [-0.39, 0.29) is 0 Å². The first-order valence-electron chi connectivity index (χ1n) is 8.87. The Balaban J connectivity index is 1.96. The van der Waals surface area contributed by atoms with Crippen molar-refractivity contribution in [3.8, 4) is 11.5 Å². The molecule has 0 bridgehead atoms. The minimum absolute atomic E-state index is 0.526. The van der Waals surface area contributed by atoms with Gasteiger partial charge in [-0.15, -0.1) is 0 Å². The van der Waals surface area contributed by atoms with Crippen molar-refractivity contribution in [1.82, 2.24) is 5.32 Å². The normalized spacial score (nSPS) is 10.7. The van der Waals surface area contributed by atoms with Gasteiger partial charge < -0.3 is 19.5 Å². The maximum absolute atomic E-state index is 6.09. The zero-order valence-corrected chi connectivity index (χ0v) is 15.5. The van der Waals surface area contributed by atoms with Gasteiger partial charge in [-0.05, 0) is 38.4 Å². The molecule has 2 rings (SSSR count). The highest BCUT2D eigenvalue weighted by Gasteiger charge is 2.10. The molecule has 25 heavy (non-hydrogen) atoms. The van der Waals surface area contributed by atoms with E-state index in [1.54, 1.807) is 7.11 Å². The van der Waals surface area contributed by atoms with Gasteiger partial charge in [-0.2, -0.15) is 0 Å². The number of rotatable bonds is 11. The van der Waals surface area contributed by atoms with Crippen molar-refractivity contribution in [2.24, 2.45) is 0 Å². The highest BCUT2D eigenvalue weighted by atomic mass is 16.5. The Morgan fingerprint density at radius 3 is 2.56 bits per heavy atom. The lowest BCUT2D eigenvalue weighted by molar-refractivity contribution is 0.144. The van der Waals surface area contributed by atoms with Crippen molar-refractivity contribution in [1.29, 1.82) is 0 Å². The molecule has 0 aromatic heterocycles. The third-order valence-electron chi connectivity index (χ3n) is 3.95. The van der Waals surface area contributed by atoms with Crippen LogP contribution in [0.5, 0.6) is 11.5 Å². The molecule has 4 nitrogen and oxygen atoms in total. The molecule has 0 saturated carbocycles. The van der Waals surface area contributed by atoms with Crippen LogP contribution >= 0.6 is 0 Å². The average molecular weight is 343 g/mol. The summed E-state index contributed by atoms with van der Waals surface area (Å²) in [5, 5.41) is 3.44. The Labute approximate surface area is 151 Å². The van der Waals surface area contributed by atoms with Crippen LogP contribution in [0.1, 0.15) is 30.0 Å². The molecule has 4 heteroatoms. The van der Waals surface area contributed by atoms with Crippen LogP contribution in [0.2, 0.25) is 0 Å². The van der Waals surface area contributed by atoms with Crippen molar-refractivity contribution < 1.29 is 14.2 Å². The molecule has 0 unspecified atom stereocenters. The molecule has 0 fully saturated rings. The van der Waals surface area contributed by atoms with Crippen LogP contribution in [0.25, 0.3) is 0 Å². The van der Waals surface area contributed by atoms with Gasteiger partial charge in [0.25, 0.3) is 0 Å². The van der Waals surface area contributed by atoms with E-state index < -0.39 is 0 Å². The third-order valence-corrected chi connectivity index (χ3v) is 3.95. The minimum atomic E-state index is 0.526. The number of hydrogen-bond donors (Lipinski definition) is 1. The SMILES string of the molecule is CCOCCCNCc1cccc(OC)c1OCc1ccc(C)cc1. The third kappa shape index (κ3) is 6.40. The van der Waals surface area contributed by atoms with Crippen molar-refractivity contribution in [3.63, 3.8) is 0 Å². The second kappa shape index (κ2) is 10.7. The summed E-state index contributed by atoms with van der Waals surface area (Å²) >= 11 is 0. The fourth-order valence-corrected chi connectivity index (χ4v) is 2.53. The molecule has 136 valence electrons. The Hall–Kier alpha value is -2.04. The van der Waals surface area contributed by atoms with Gasteiger partial charge in [-0.3, -0.25) is 0 Å². The summed E-state index contributed by atoms with van der Waals surface area (Å²) in [6.07, 6.45) is 0.997. The van der Waals surface area contributed by atoms with Crippen molar-refractivity contribution in [2.75, 3.05) is 26.9 Å². The Bertz CT molecular complexity index is 626. The van der Waals surface area contributed by atoms with E-state index in [4.69, 9.17) is 14.2 Å². The van der Waals surface area contributed by atoms with Crippen molar-refractivity contribution >= 4 is 0 Å². The molecule has 0 heterocycles. The van der Waals surface area contributed by atoms with E-state index >= 15 is 0 Å². The first-order chi connectivity index (χ1) is 12.2. The lowest BCUT2D eigenvalue weighted by Crippen LogP contribution is -2.17. The number of nitrogens with one attached hydrogen (secondary N) is 1. The van der Waals surface area contributed by atoms with Gasteiger partial charge in [0.1, 0.15) is 6.61 Å².